The van der Waals surface area contributed by atoms with Gasteiger partial charge in [0.05, 0.1) is 0 Å². The third kappa shape index (κ3) is 8.87. The highest BCUT2D eigenvalue weighted by Gasteiger charge is 2.46. The number of hydrogen-bond acceptors (Lipinski definition) is 4. The van der Waals surface area contributed by atoms with E-state index < -0.39 is 44.7 Å². The molecule has 0 radical (unpaired) electrons. The van der Waals surface area contributed by atoms with E-state index in [1.165, 1.54) is 0 Å². The van der Waals surface area contributed by atoms with Gasteiger partial charge in [0.2, 0.25) is 0 Å². The van der Waals surface area contributed by atoms with Crippen LogP contribution in [-0.4, -0.2) is 43.7 Å². The lowest BCUT2D eigenvalue weighted by atomic mass is 10.3. The summed E-state index contributed by atoms with van der Waals surface area (Å²) >= 11 is 0.223. The van der Waals surface area contributed by atoms with Gasteiger partial charge in [0, 0.05) is 5.75 Å². The van der Waals surface area contributed by atoms with Gasteiger partial charge in [-0.05, 0) is 17.8 Å². The van der Waals surface area contributed by atoms with E-state index in [0.717, 1.165) is 6.42 Å². The summed E-state index contributed by atoms with van der Waals surface area (Å²) in [5.41, 5.74) is 0. The summed E-state index contributed by atoms with van der Waals surface area (Å²) in [7, 11) is 0. The fraction of sp³-hybridized carbons (Fsp3) is 1.00. The van der Waals surface area contributed by atoms with Gasteiger partial charge in [-0.1, -0.05) is 19.8 Å². The number of rotatable bonds is 13. The number of alkyl halides is 8. The van der Waals surface area contributed by atoms with Crippen LogP contribution in [0.5, 0.6) is 0 Å². The van der Waals surface area contributed by atoms with Crippen molar-refractivity contribution in [2.24, 2.45) is 0 Å². The van der Waals surface area contributed by atoms with E-state index in [1.54, 1.807) is 0 Å². The maximum Gasteiger partial charge on any atom is 0.389 e. The van der Waals surface area contributed by atoms with E-state index in [1.807, 2.05) is 6.92 Å². The highest BCUT2D eigenvalue weighted by atomic mass is 32.7. The van der Waals surface area contributed by atoms with Crippen LogP contribution in [0.4, 0.5) is 35.1 Å². The highest BCUT2D eigenvalue weighted by Crippen LogP contribution is 2.62. The van der Waals surface area contributed by atoms with Crippen LogP contribution in [0.2, 0.25) is 0 Å². The molecule has 24 heavy (non-hydrogen) atoms. The Balaban J connectivity index is 4.85. The summed E-state index contributed by atoms with van der Waals surface area (Å²) < 4.78 is 120. The fourth-order valence-corrected chi connectivity index (χ4v) is 4.36. The third-order valence-electron chi connectivity index (χ3n) is 2.47. The maximum absolute atomic E-state index is 12.8. The van der Waals surface area contributed by atoms with E-state index in [-0.39, 0.29) is 17.1 Å². The molecular formula is C11H17F8O3PS. The Hall–Kier alpha value is -0.0600. The molecule has 0 amide bonds. The van der Waals surface area contributed by atoms with E-state index in [0.29, 0.717) is 12.8 Å². The molecule has 0 aliphatic heterocycles. The van der Waals surface area contributed by atoms with Gasteiger partial charge in [0.1, 0.15) is 13.2 Å². The lowest BCUT2D eigenvalue weighted by Gasteiger charge is -2.23. The molecule has 0 aliphatic carbocycles. The van der Waals surface area contributed by atoms with Gasteiger partial charge in [0.25, 0.3) is 0 Å². The molecule has 0 aromatic heterocycles. The van der Waals surface area contributed by atoms with Crippen molar-refractivity contribution in [1.29, 1.82) is 0 Å². The van der Waals surface area contributed by atoms with Crippen molar-refractivity contribution in [1.82, 2.24) is 0 Å². The van der Waals surface area contributed by atoms with Crippen molar-refractivity contribution in [2.45, 2.75) is 50.9 Å². The second kappa shape index (κ2) is 10.2. The van der Waals surface area contributed by atoms with Crippen molar-refractivity contribution >= 4 is 18.2 Å². The summed E-state index contributed by atoms with van der Waals surface area (Å²) in [5, 5.41) is 0. The van der Waals surface area contributed by atoms with Gasteiger partial charge in [-0.3, -0.25) is 9.05 Å². The topological polar surface area (TPSA) is 35.5 Å². The smallest absolute Gasteiger partial charge is 0.294 e. The van der Waals surface area contributed by atoms with E-state index in [9.17, 15) is 39.7 Å². The van der Waals surface area contributed by atoms with Crippen LogP contribution in [0.15, 0.2) is 0 Å². The van der Waals surface area contributed by atoms with Crippen LogP contribution in [0.1, 0.15) is 26.2 Å². The molecule has 0 bridgehead atoms. The molecule has 0 fully saturated rings. The maximum atomic E-state index is 12.8. The average molecular weight is 412 g/mol. The van der Waals surface area contributed by atoms with Crippen LogP contribution in [0.3, 0.4) is 0 Å². The van der Waals surface area contributed by atoms with E-state index in [4.69, 9.17) is 0 Å². The molecule has 13 heteroatoms. The number of halogens is 8. The van der Waals surface area contributed by atoms with Crippen molar-refractivity contribution in [2.75, 3.05) is 19.0 Å². The minimum atomic E-state index is -4.74. The molecule has 146 valence electrons. The summed E-state index contributed by atoms with van der Waals surface area (Å²) in [6.07, 6.45) is -6.56. The molecule has 0 N–H and O–H groups in total. The molecule has 0 saturated carbocycles. The summed E-state index contributed by atoms with van der Waals surface area (Å²) in [6.45, 7) is -7.04. The van der Waals surface area contributed by atoms with Crippen LogP contribution in [0.25, 0.3) is 0 Å². The minimum Gasteiger partial charge on any atom is -0.294 e. The molecule has 0 rings (SSSR count). The Kier molecular flexibility index (Phi) is 10.2. The van der Waals surface area contributed by atoms with Gasteiger partial charge in [0.15, 0.2) is 0 Å². The number of unbranched alkanes of at least 4 members (excludes halogenated alkanes) is 2. The van der Waals surface area contributed by atoms with Gasteiger partial charge in [-0.2, -0.15) is 17.6 Å². The first-order valence-electron chi connectivity index (χ1n) is 6.72. The Morgan fingerprint density at radius 1 is 0.917 bits per heavy atom. The second-order valence-corrected chi connectivity index (χ2v) is 8.85. The summed E-state index contributed by atoms with van der Waals surface area (Å²) in [5.74, 6) is -9.41. The third-order valence-corrected chi connectivity index (χ3v) is 6.27. The van der Waals surface area contributed by atoms with Crippen molar-refractivity contribution in [3.63, 3.8) is 0 Å². The molecule has 0 atom stereocenters. The van der Waals surface area contributed by atoms with Gasteiger partial charge >= 0.3 is 31.5 Å². The lowest BCUT2D eigenvalue weighted by Crippen LogP contribution is -2.33. The minimum absolute atomic E-state index is 0.0361. The van der Waals surface area contributed by atoms with E-state index in [2.05, 4.69) is 9.05 Å². The molecule has 3 nitrogen and oxygen atoms in total. The normalized spacial score (nSPS) is 14.0. The molecule has 0 heterocycles. The molecule has 0 saturated heterocycles. The SMILES string of the molecule is CCCCCSP(=O)(OCC(F)(F)C(F)F)OCC(F)(F)C(F)F. The molecule has 0 unspecified atom stereocenters. The van der Waals surface area contributed by atoms with E-state index >= 15 is 0 Å². The molecule has 0 aromatic carbocycles. The zero-order chi connectivity index (χ0) is 19.0. The summed E-state index contributed by atoms with van der Waals surface area (Å²) in [6, 6.07) is 0. The van der Waals surface area contributed by atoms with Crippen LogP contribution < -0.4 is 0 Å². The highest BCUT2D eigenvalue weighted by molar-refractivity contribution is 8.55. The Bertz CT molecular complexity index is 383. The molecular weight excluding hydrogens is 395 g/mol. The Labute approximate surface area is 137 Å². The first-order chi connectivity index (χ1) is 10.9. The standard InChI is InChI=1S/C11H17F8O3PS/c1-2-3-4-5-24-23(20,21-6-10(16,17)8(12)13)22-7-11(18,19)9(14)15/h8-9H,2-7H2,1H3. The zero-order valence-electron chi connectivity index (χ0n) is 12.5. The van der Waals surface area contributed by atoms with Crippen LogP contribution >= 0.6 is 18.2 Å². The van der Waals surface area contributed by atoms with Gasteiger partial charge in [-0.15, -0.1) is 0 Å². The van der Waals surface area contributed by atoms with Crippen LogP contribution in [0, 0.1) is 0 Å². The predicted molar refractivity (Wildman–Crippen MR) is 73.4 cm³/mol. The number of hydrogen-bond donors (Lipinski definition) is 0. The first kappa shape index (κ1) is 23.9. The second-order valence-electron chi connectivity index (χ2n) is 4.66. The monoisotopic (exact) mass is 412 g/mol. The lowest BCUT2D eigenvalue weighted by molar-refractivity contribution is -0.157. The molecule has 0 spiro atoms. The van der Waals surface area contributed by atoms with Gasteiger partial charge < -0.3 is 0 Å². The summed E-state index contributed by atoms with van der Waals surface area (Å²) in [4.78, 5) is 0. The van der Waals surface area contributed by atoms with Gasteiger partial charge in [-0.25, -0.2) is 22.1 Å². The fourth-order valence-electron chi connectivity index (χ4n) is 1.10. The molecule has 0 aromatic rings. The first-order valence-corrected chi connectivity index (χ1v) is 9.85. The van der Waals surface area contributed by atoms with Crippen molar-refractivity contribution < 1.29 is 48.7 Å². The largest absolute Gasteiger partial charge is 0.389 e. The zero-order valence-corrected chi connectivity index (χ0v) is 14.2. The quantitative estimate of drug-likeness (QED) is 0.216. The predicted octanol–water partition coefficient (Wildman–Crippen LogP) is 5.85. The Morgan fingerprint density at radius 2 is 1.33 bits per heavy atom. The van der Waals surface area contributed by atoms with Crippen LogP contribution in [-0.2, 0) is 13.6 Å². The van der Waals surface area contributed by atoms with Crippen molar-refractivity contribution in [3.8, 4) is 0 Å². The molecule has 0 aliphatic rings. The average Bonchev–Trinajstić information content (AvgIpc) is 2.48. The Morgan fingerprint density at radius 3 is 1.67 bits per heavy atom. The van der Waals surface area contributed by atoms with Crippen molar-refractivity contribution in [3.05, 3.63) is 0 Å².